The van der Waals surface area contributed by atoms with E-state index in [0.29, 0.717) is 5.56 Å². The Balaban J connectivity index is 2.59. The van der Waals surface area contributed by atoms with Gasteiger partial charge >= 0.3 is 5.97 Å². The highest BCUT2D eigenvalue weighted by Gasteiger charge is 2.15. The molecule has 16 heavy (non-hydrogen) atoms. The van der Waals surface area contributed by atoms with Crippen molar-refractivity contribution in [1.29, 1.82) is 0 Å². The molecule has 0 unspecified atom stereocenters. The summed E-state index contributed by atoms with van der Waals surface area (Å²) in [7, 11) is 0. The van der Waals surface area contributed by atoms with Crippen molar-refractivity contribution in [3.63, 3.8) is 0 Å². The SMILES string of the molecule is O=C(O)C[C@@H](CO)NC(=O)c1ccccc1. The zero-order valence-electron chi connectivity index (χ0n) is 8.59. The first-order valence-corrected chi connectivity index (χ1v) is 4.82. The molecular formula is C11H13NO4. The van der Waals surface area contributed by atoms with E-state index in [4.69, 9.17) is 10.2 Å². The van der Waals surface area contributed by atoms with Gasteiger partial charge in [0.05, 0.1) is 19.1 Å². The predicted octanol–water partition coefficient (Wildman–Crippen LogP) is 0.252. The van der Waals surface area contributed by atoms with Crippen molar-refractivity contribution in [2.24, 2.45) is 0 Å². The van der Waals surface area contributed by atoms with E-state index in [0.717, 1.165) is 0 Å². The molecule has 0 fully saturated rings. The molecule has 1 rings (SSSR count). The van der Waals surface area contributed by atoms with E-state index >= 15 is 0 Å². The summed E-state index contributed by atoms with van der Waals surface area (Å²) in [6.07, 6.45) is -0.297. The van der Waals surface area contributed by atoms with E-state index in [2.05, 4.69) is 5.32 Å². The number of carboxylic acids is 1. The van der Waals surface area contributed by atoms with E-state index in [-0.39, 0.29) is 12.3 Å². The number of amides is 1. The first-order chi connectivity index (χ1) is 7.63. The van der Waals surface area contributed by atoms with E-state index in [1.54, 1.807) is 30.3 Å². The Kier molecular flexibility index (Phi) is 4.47. The van der Waals surface area contributed by atoms with Crippen molar-refractivity contribution in [3.8, 4) is 0 Å². The van der Waals surface area contributed by atoms with Crippen LogP contribution in [0.15, 0.2) is 30.3 Å². The van der Waals surface area contributed by atoms with Crippen LogP contribution in [0.1, 0.15) is 16.8 Å². The smallest absolute Gasteiger partial charge is 0.305 e. The minimum Gasteiger partial charge on any atom is -0.481 e. The molecule has 0 heterocycles. The van der Waals surface area contributed by atoms with Gasteiger partial charge in [0.2, 0.25) is 0 Å². The lowest BCUT2D eigenvalue weighted by Gasteiger charge is -2.13. The van der Waals surface area contributed by atoms with Crippen LogP contribution in [0, 0.1) is 0 Å². The summed E-state index contributed by atoms with van der Waals surface area (Å²) in [5.74, 6) is -1.45. The molecule has 0 saturated heterocycles. The Morgan fingerprint density at radius 3 is 2.38 bits per heavy atom. The Morgan fingerprint density at radius 2 is 1.88 bits per heavy atom. The highest BCUT2D eigenvalue weighted by Crippen LogP contribution is 2.00. The largest absolute Gasteiger partial charge is 0.481 e. The van der Waals surface area contributed by atoms with Crippen LogP contribution in [0.2, 0.25) is 0 Å². The standard InChI is InChI=1S/C11H13NO4/c13-7-9(6-10(14)15)12-11(16)8-4-2-1-3-5-8/h1-5,9,13H,6-7H2,(H,12,16)(H,14,15)/t9-/m0/s1. The zero-order chi connectivity index (χ0) is 12.0. The molecule has 5 heteroatoms. The number of nitrogens with one attached hydrogen (secondary N) is 1. The number of aliphatic hydroxyl groups excluding tert-OH is 1. The maximum absolute atomic E-state index is 11.6. The maximum Gasteiger partial charge on any atom is 0.305 e. The van der Waals surface area contributed by atoms with Crippen molar-refractivity contribution in [1.82, 2.24) is 5.32 Å². The average Bonchev–Trinajstić information content (AvgIpc) is 2.28. The molecule has 1 aromatic rings. The molecule has 0 aliphatic rings. The lowest BCUT2D eigenvalue weighted by Crippen LogP contribution is -2.39. The molecule has 0 radical (unpaired) electrons. The summed E-state index contributed by atoms with van der Waals surface area (Å²) in [4.78, 5) is 22.0. The molecule has 86 valence electrons. The molecule has 1 atom stereocenters. The van der Waals surface area contributed by atoms with Gasteiger partial charge in [0, 0.05) is 5.56 Å². The molecule has 1 amide bonds. The Hall–Kier alpha value is -1.88. The number of hydrogen-bond acceptors (Lipinski definition) is 3. The van der Waals surface area contributed by atoms with Crippen LogP contribution in [-0.4, -0.2) is 34.7 Å². The second kappa shape index (κ2) is 5.87. The van der Waals surface area contributed by atoms with E-state index in [9.17, 15) is 9.59 Å². The number of carbonyl (C=O) groups is 2. The minimum atomic E-state index is -1.06. The fourth-order valence-corrected chi connectivity index (χ4v) is 1.23. The minimum absolute atomic E-state index is 0.297. The van der Waals surface area contributed by atoms with Gasteiger partial charge in [-0.2, -0.15) is 0 Å². The molecule has 0 spiro atoms. The summed E-state index contributed by atoms with van der Waals surface area (Å²) in [6, 6.07) is 7.66. The van der Waals surface area contributed by atoms with Gasteiger partial charge in [0.1, 0.15) is 0 Å². The van der Waals surface area contributed by atoms with Crippen molar-refractivity contribution >= 4 is 11.9 Å². The molecule has 1 aromatic carbocycles. The van der Waals surface area contributed by atoms with Gasteiger partial charge in [-0.15, -0.1) is 0 Å². The van der Waals surface area contributed by atoms with Crippen molar-refractivity contribution in [2.45, 2.75) is 12.5 Å². The molecule has 0 aromatic heterocycles. The van der Waals surface area contributed by atoms with Gasteiger partial charge in [-0.05, 0) is 12.1 Å². The third-order valence-corrected chi connectivity index (χ3v) is 2.01. The van der Waals surface area contributed by atoms with Gasteiger partial charge in [-0.3, -0.25) is 9.59 Å². The number of rotatable bonds is 5. The molecule has 5 nitrogen and oxygen atoms in total. The first-order valence-electron chi connectivity index (χ1n) is 4.82. The first kappa shape index (κ1) is 12.2. The normalized spacial score (nSPS) is 11.8. The van der Waals surface area contributed by atoms with Crippen LogP contribution in [0.5, 0.6) is 0 Å². The fraction of sp³-hybridized carbons (Fsp3) is 0.273. The van der Waals surface area contributed by atoms with Gasteiger partial charge in [0.15, 0.2) is 0 Å². The van der Waals surface area contributed by atoms with Crippen molar-refractivity contribution in [2.75, 3.05) is 6.61 Å². The van der Waals surface area contributed by atoms with Crippen LogP contribution in [0.25, 0.3) is 0 Å². The predicted molar refractivity (Wildman–Crippen MR) is 57.0 cm³/mol. The molecule has 3 N–H and O–H groups in total. The molecule has 0 saturated carbocycles. The van der Waals surface area contributed by atoms with Crippen LogP contribution in [0.3, 0.4) is 0 Å². The summed E-state index contributed by atoms with van der Waals surface area (Å²) in [5, 5.41) is 19.9. The summed E-state index contributed by atoms with van der Waals surface area (Å²) < 4.78 is 0. The van der Waals surface area contributed by atoms with Crippen molar-refractivity contribution < 1.29 is 19.8 Å². The summed E-state index contributed by atoms with van der Waals surface area (Å²) in [6.45, 7) is -0.398. The number of hydrogen-bond donors (Lipinski definition) is 3. The maximum atomic E-state index is 11.6. The lowest BCUT2D eigenvalue weighted by atomic mass is 10.1. The average molecular weight is 223 g/mol. The summed E-state index contributed by atoms with van der Waals surface area (Å²) in [5.41, 5.74) is 0.436. The number of aliphatic hydroxyl groups is 1. The van der Waals surface area contributed by atoms with Gasteiger partial charge in [-0.1, -0.05) is 18.2 Å². The molecular weight excluding hydrogens is 210 g/mol. The quantitative estimate of drug-likeness (QED) is 0.668. The number of aliphatic carboxylic acids is 1. The molecule has 0 aliphatic heterocycles. The van der Waals surface area contributed by atoms with Crippen LogP contribution < -0.4 is 5.32 Å². The van der Waals surface area contributed by atoms with Gasteiger partial charge in [-0.25, -0.2) is 0 Å². The van der Waals surface area contributed by atoms with Crippen LogP contribution >= 0.6 is 0 Å². The van der Waals surface area contributed by atoms with Gasteiger partial charge in [0.25, 0.3) is 5.91 Å². The van der Waals surface area contributed by atoms with Gasteiger partial charge < -0.3 is 15.5 Å². The second-order valence-corrected chi connectivity index (χ2v) is 3.32. The number of carbonyl (C=O) groups excluding carboxylic acids is 1. The molecule has 0 bridgehead atoms. The Morgan fingerprint density at radius 1 is 1.25 bits per heavy atom. The second-order valence-electron chi connectivity index (χ2n) is 3.32. The van der Waals surface area contributed by atoms with Crippen molar-refractivity contribution in [3.05, 3.63) is 35.9 Å². The Labute approximate surface area is 92.7 Å². The lowest BCUT2D eigenvalue weighted by molar-refractivity contribution is -0.137. The zero-order valence-corrected chi connectivity index (χ0v) is 8.59. The Bertz CT molecular complexity index is 364. The topological polar surface area (TPSA) is 86.6 Å². The highest BCUT2D eigenvalue weighted by molar-refractivity contribution is 5.94. The summed E-state index contributed by atoms with van der Waals surface area (Å²) >= 11 is 0. The van der Waals surface area contributed by atoms with E-state index in [1.807, 2.05) is 0 Å². The third-order valence-electron chi connectivity index (χ3n) is 2.01. The third kappa shape index (κ3) is 3.70. The van der Waals surface area contributed by atoms with E-state index in [1.165, 1.54) is 0 Å². The van der Waals surface area contributed by atoms with Crippen LogP contribution in [-0.2, 0) is 4.79 Å². The molecule has 0 aliphatic carbocycles. The highest BCUT2D eigenvalue weighted by atomic mass is 16.4. The van der Waals surface area contributed by atoms with E-state index < -0.39 is 18.6 Å². The number of benzene rings is 1. The fourth-order valence-electron chi connectivity index (χ4n) is 1.23. The number of carboxylic acid groups (broad SMARTS) is 1. The monoisotopic (exact) mass is 223 g/mol. The van der Waals surface area contributed by atoms with Crippen LogP contribution in [0.4, 0.5) is 0 Å².